The molecule has 3 N–H and O–H groups in total. The molecular weight excluding hydrogens is 414 g/mol. The average Bonchev–Trinajstić information content (AvgIpc) is 3.15. The molecule has 0 saturated heterocycles. The molecule has 8 heteroatoms. The van der Waals surface area contributed by atoms with Crippen LogP contribution in [0.2, 0.25) is 5.02 Å². The molecular formula is C23H18ClN5O2. The number of pyridine rings is 1. The van der Waals surface area contributed by atoms with Gasteiger partial charge in [-0.3, -0.25) is 19.7 Å². The van der Waals surface area contributed by atoms with Crippen molar-refractivity contribution < 1.29 is 9.59 Å². The first-order valence-corrected chi connectivity index (χ1v) is 9.87. The third-order valence-electron chi connectivity index (χ3n) is 4.41. The quantitative estimate of drug-likeness (QED) is 0.383. The Kier molecular flexibility index (Phi) is 6.05. The van der Waals surface area contributed by atoms with Crippen LogP contribution in [0.1, 0.15) is 17.8 Å². The Morgan fingerprint density at radius 2 is 1.74 bits per heavy atom. The van der Waals surface area contributed by atoms with Gasteiger partial charge in [0.05, 0.1) is 16.9 Å². The number of aromatic nitrogens is 3. The van der Waals surface area contributed by atoms with E-state index in [1.807, 2.05) is 36.4 Å². The maximum absolute atomic E-state index is 12.2. The molecule has 0 bridgehead atoms. The fourth-order valence-corrected chi connectivity index (χ4v) is 3.20. The van der Waals surface area contributed by atoms with E-state index in [9.17, 15) is 9.59 Å². The van der Waals surface area contributed by atoms with Gasteiger partial charge in [-0.1, -0.05) is 23.7 Å². The summed E-state index contributed by atoms with van der Waals surface area (Å²) < 4.78 is 0. The molecule has 2 heterocycles. The van der Waals surface area contributed by atoms with Crippen molar-refractivity contribution in [2.75, 3.05) is 10.6 Å². The molecule has 0 aliphatic heterocycles. The van der Waals surface area contributed by atoms with E-state index in [0.29, 0.717) is 16.4 Å². The molecule has 0 radical (unpaired) electrons. The van der Waals surface area contributed by atoms with Gasteiger partial charge in [0.25, 0.3) is 0 Å². The number of nitrogens with one attached hydrogen (secondary N) is 3. The summed E-state index contributed by atoms with van der Waals surface area (Å²) in [6.45, 7) is 0. The number of rotatable bonds is 6. The lowest BCUT2D eigenvalue weighted by Gasteiger charge is -2.07. The zero-order chi connectivity index (χ0) is 21.6. The summed E-state index contributed by atoms with van der Waals surface area (Å²) in [5, 5.41) is 14.0. The van der Waals surface area contributed by atoms with E-state index in [0.717, 1.165) is 22.3 Å². The van der Waals surface area contributed by atoms with Crippen molar-refractivity contribution in [1.29, 1.82) is 0 Å². The average molecular weight is 432 g/mol. The standard InChI is InChI=1S/C23H18ClN5O2/c24-15-4-3-6-17(12-15)26-22(30)14-23(31)27-18-7-9-19-20(28-29-21(19)13-18)10-8-16-5-1-2-11-25-16/h1-13H,14H2,(H,26,30)(H,27,31)(H,28,29). The second-order valence-corrected chi connectivity index (χ2v) is 7.18. The van der Waals surface area contributed by atoms with Gasteiger partial charge in [0.2, 0.25) is 11.8 Å². The van der Waals surface area contributed by atoms with Gasteiger partial charge in [0.1, 0.15) is 6.42 Å². The predicted octanol–water partition coefficient (Wildman–Crippen LogP) is 4.75. The Morgan fingerprint density at radius 1 is 0.935 bits per heavy atom. The topological polar surface area (TPSA) is 99.8 Å². The number of halogens is 1. The number of hydrogen-bond donors (Lipinski definition) is 3. The highest BCUT2D eigenvalue weighted by molar-refractivity contribution is 6.30. The minimum absolute atomic E-state index is 0.314. The van der Waals surface area contributed by atoms with Gasteiger partial charge in [0, 0.05) is 28.0 Å². The van der Waals surface area contributed by atoms with Gasteiger partial charge in [-0.25, -0.2) is 0 Å². The summed E-state index contributed by atoms with van der Waals surface area (Å²) >= 11 is 5.90. The lowest BCUT2D eigenvalue weighted by atomic mass is 10.1. The van der Waals surface area contributed by atoms with Crippen LogP contribution < -0.4 is 10.6 Å². The van der Waals surface area contributed by atoms with Crippen LogP contribution in [-0.4, -0.2) is 27.0 Å². The van der Waals surface area contributed by atoms with Crippen LogP contribution in [0, 0.1) is 0 Å². The number of carbonyl (C=O) groups excluding carboxylic acids is 2. The van der Waals surface area contributed by atoms with Crippen molar-refractivity contribution in [3.05, 3.63) is 83.3 Å². The van der Waals surface area contributed by atoms with Crippen LogP contribution in [-0.2, 0) is 9.59 Å². The van der Waals surface area contributed by atoms with Gasteiger partial charge in [-0.15, -0.1) is 0 Å². The van der Waals surface area contributed by atoms with Crippen LogP contribution in [0.4, 0.5) is 11.4 Å². The fraction of sp³-hybridized carbons (Fsp3) is 0.0435. The minimum atomic E-state index is -0.427. The lowest BCUT2D eigenvalue weighted by Crippen LogP contribution is -2.21. The van der Waals surface area contributed by atoms with Crippen molar-refractivity contribution in [2.24, 2.45) is 0 Å². The first-order chi connectivity index (χ1) is 15.1. The van der Waals surface area contributed by atoms with Crippen molar-refractivity contribution in [1.82, 2.24) is 15.2 Å². The first kappa shape index (κ1) is 20.3. The largest absolute Gasteiger partial charge is 0.326 e. The second kappa shape index (κ2) is 9.23. The molecule has 0 spiro atoms. The smallest absolute Gasteiger partial charge is 0.233 e. The van der Waals surface area contributed by atoms with E-state index in [2.05, 4.69) is 25.8 Å². The van der Waals surface area contributed by atoms with E-state index in [1.54, 1.807) is 42.6 Å². The van der Waals surface area contributed by atoms with Gasteiger partial charge >= 0.3 is 0 Å². The first-order valence-electron chi connectivity index (χ1n) is 9.49. The molecule has 154 valence electrons. The van der Waals surface area contributed by atoms with Crippen molar-refractivity contribution in [3.8, 4) is 0 Å². The number of H-pyrrole nitrogens is 1. The van der Waals surface area contributed by atoms with Gasteiger partial charge in [-0.05, 0) is 60.7 Å². The number of benzene rings is 2. The number of hydrogen-bond acceptors (Lipinski definition) is 4. The summed E-state index contributed by atoms with van der Waals surface area (Å²) in [5.41, 5.74) is 3.47. The number of nitrogens with zero attached hydrogens (tertiary/aromatic N) is 2. The normalized spacial score (nSPS) is 11.0. The molecule has 4 aromatic rings. The van der Waals surface area contributed by atoms with Gasteiger partial charge < -0.3 is 10.6 Å². The van der Waals surface area contributed by atoms with Crippen LogP contribution in [0.25, 0.3) is 23.1 Å². The molecule has 4 rings (SSSR count). The molecule has 0 aliphatic rings. The number of carbonyl (C=O) groups is 2. The number of fused-ring (bicyclic) bond motifs is 1. The molecule has 0 atom stereocenters. The van der Waals surface area contributed by atoms with Gasteiger partial charge in [0.15, 0.2) is 0 Å². The molecule has 2 aromatic carbocycles. The lowest BCUT2D eigenvalue weighted by molar-refractivity contribution is -0.123. The van der Waals surface area contributed by atoms with Crippen molar-refractivity contribution in [2.45, 2.75) is 6.42 Å². The molecule has 7 nitrogen and oxygen atoms in total. The maximum Gasteiger partial charge on any atom is 0.233 e. The third-order valence-corrected chi connectivity index (χ3v) is 4.64. The van der Waals surface area contributed by atoms with E-state index >= 15 is 0 Å². The molecule has 31 heavy (non-hydrogen) atoms. The Balaban J connectivity index is 1.39. The molecule has 2 aromatic heterocycles. The highest BCUT2D eigenvalue weighted by Crippen LogP contribution is 2.22. The molecule has 0 unspecified atom stereocenters. The zero-order valence-electron chi connectivity index (χ0n) is 16.3. The molecule has 0 fully saturated rings. The molecule has 0 saturated carbocycles. The summed E-state index contributed by atoms with van der Waals surface area (Å²) in [5.74, 6) is -0.849. The van der Waals surface area contributed by atoms with E-state index in [4.69, 9.17) is 11.6 Å². The summed E-state index contributed by atoms with van der Waals surface area (Å²) in [4.78, 5) is 28.6. The Morgan fingerprint density at radius 3 is 2.48 bits per heavy atom. The highest BCUT2D eigenvalue weighted by Gasteiger charge is 2.11. The Bertz CT molecular complexity index is 1270. The monoisotopic (exact) mass is 431 g/mol. The summed E-state index contributed by atoms with van der Waals surface area (Å²) in [6.07, 6.45) is 5.17. The third kappa shape index (κ3) is 5.34. The highest BCUT2D eigenvalue weighted by atomic mass is 35.5. The van der Waals surface area contributed by atoms with E-state index < -0.39 is 11.8 Å². The number of aromatic amines is 1. The Labute approximate surface area is 183 Å². The van der Waals surface area contributed by atoms with Crippen LogP contribution in [0.5, 0.6) is 0 Å². The van der Waals surface area contributed by atoms with Crippen LogP contribution >= 0.6 is 11.6 Å². The predicted molar refractivity (Wildman–Crippen MR) is 123 cm³/mol. The van der Waals surface area contributed by atoms with E-state index in [-0.39, 0.29) is 6.42 Å². The van der Waals surface area contributed by atoms with Gasteiger partial charge in [-0.2, -0.15) is 5.10 Å². The van der Waals surface area contributed by atoms with E-state index in [1.165, 1.54) is 0 Å². The number of anilines is 2. The second-order valence-electron chi connectivity index (χ2n) is 6.74. The molecule has 2 amide bonds. The Hall–Kier alpha value is -3.97. The maximum atomic E-state index is 12.2. The minimum Gasteiger partial charge on any atom is -0.326 e. The summed E-state index contributed by atoms with van der Waals surface area (Å²) in [7, 11) is 0. The number of amides is 2. The zero-order valence-corrected chi connectivity index (χ0v) is 17.1. The SMILES string of the molecule is O=C(CC(=O)Nc1ccc2c(C=Cc3ccccn3)n[nH]c2c1)Nc1cccc(Cl)c1. The van der Waals surface area contributed by atoms with Crippen molar-refractivity contribution >= 4 is 57.8 Å². The van der Waals surface area contributed by atoms with Crippen LogP contribution in [0.3, 0.4) is 0 Å². The summed E-state index contributed by atoms with van der Waals surface area (Å²) in [6, 6.07) is 17.8. The van der Waals surface area contributed by atoms with Crippen LogP contribution in [0.15, 0.2) is 66.9 Å². The fourth-order valence-electron chi connectivity index (χ4n) is 3.01. The van der Waals surface area contributed by atoms with Crippen molar-refractivity contribution in [3.63, 3.8) is 0 Å². The molecule has 0 aliphatic carbocycles.